The Hall–Kier alpha value is -3.07. The van der Waals surface area contributed by atoms with Gasteiger partial charge in [-0.2, -0.15) is 0 Å². The summed E-state index contributed by atoms with van der Waals surface area (Å²) in [5.74, 6) is 0.293. The van der Waals surface area contributed by atoms with Crippen LogP contribution in [0.1, 0.15) is 87.3 Å². The molecule has 36 heavy (non-hydrogen) atoms. The average molecular weight is 495 g/mol. The second-order valence-corrected chi connectivity index (χ2v) is 9.92. The number of ether oxygens (including phenoxy) is 1. The van der Waals surface area contributed by atoms with E-state index < -0.39 is 0 Å². The van der Waals surface area contributed by atoms with Crippen LogP contribution >= 0.6 is 0 Å². The summed E-state index contributed by atoms with van der Waals surface area (Å²) in [6.45, 7) is 8.86. The van der Waals surface area contributed by atoms with Gasteiger partial charge >= 0.3 is 5.97 Å². The number of carbonyl (C=O) groups is 1. The number of tetrazole rings is 1. The molecule has 0 radical (unpaired) electrons. The largest absolute Gasteiger partial charge is 0.465 e. The van der Waals surface area contributed by atoms with Crippen LogP contribution in [-0.4, -0.2) is 48.7 Å². The molecule has 4 rings (SSSR count). The molecule has 1 N–H and O–H groups in total. The maximum absolute atomic E-state index is 13.2. The molecule has 3 aromatic rings. The lowest BCUT2D eigenvalue weighted by atomic mass is 9.91. The fourth-order valence-corrected chi connectivity index (χ4v) is 5.35. The van der Waals surface area contributed by atoms with Crippen LogP contribution in [0.3, 0.4) is 0 Å². The van der Waals surface area contributed by atoms with Gasteiger partial charge in [0.1, 0.15) is 6.54 Å². The van der Waals surface area contributed by atoms with Gasteiger partial charge in [-0.3, -0.25) is 14.5 Å². The summed E-state index contributed by atoms with van der Waals surface area (Å²) in [5.41, 5.74) is 3.90. The molecule has 0 spiro atoms. The van der Waals surface area contributed by atoms with Crippen molar-refractivity contribution in [3.8, 4) is 0 Å². The Morgan fingerprint density at radius 1 is 1.17 bits per heavy atom. The van der Waals surface area contributed by atoms with Crippen molar-refractivity contribution in [1.29, 1.82) is 0 Å². The van der Waals surface area contributed by atoms with E-state index in [1.807, 2.05) is 12.1 Å². The Kier molecular flexibility index (Phi) is 8.51. The van der Waals surface area contributed by atoms with E-state index in [0.717, 1.165) is 47.7 Å². The van der Waals surface area contributed by atoms with Crippen molar-refractivity contribution in [3.63, 3.8) is 0 Å². The van der Waals surface area contributed by atoms with Gasteiger partial charge in [0.05, 0.1) is 12.6 Å². The summed E-state index contributed by atoms with van der Waals surface area (Å²) in [5, 5.41) is 13.4. The van der Waals surface area contributed by atoms with Crippen molar-refractivity contribution >= 4 is 16.9 Å². The normalized spacial score (nSPS) is 15.5. The Morgan fingerprint density at radius 3 is 2.64 bits per heavy atom. The number of esters is 1. The number of pyridine rings is 1. The number of rotatable bonds is 10. The zero-order valence-corrected chi connectivity index (χ0v) is 21.9. The molecule has 0 aliphatic heterocycles. The zero-order valence-electron chi connectivity index (χ0n) is 21.9. The number of H-pyrrole nitrogens is 1. The quantitative estimate of drug-likeness (QED) is 0.417. The minimum atomic E-state index is -0.359. The lowest BCUT2D eigenvalue weighted by Crippen LogP contribution is -2.41. The second kappa shape index (κ2) is 11.8. The van der Waals surface area contributed by atoms with Gasteiger partial charge in [-0.15, -0.1) is 5.10 Å². The molecule has 1 aliphatic rings. The first-order valence-corrected chi connectivity index (χ1v) is 13.2. The highest BCUT2D eigenvalue weighted by Crippen LogP contribution is 2.33. The first kappa shape index (κ1) is 26.0. The van der Waals surface area contributed by atoms with Crippen LogP contribution in [0.25, 0.3) is 10.9 Å². The second-order valence-electron chi connectivity index (χ2n) is 9.92. The van der Waals surface area contributed by atoms with E-state index in [9.17, 15) is 9.59 Å². The minimum absolute atomic E-state index is 0.0237. The fourth-order valence-electron chi connectivity index (χ4n) is 5.35. The van der Waals surface area contributed by atoms with Crippen molar-refractivity contribution in [2.45, 2.75) is 97.8 Å². The molecule has 9 heteroatoms. The molecular weight excluding hydrogens is 456 g/mol. The Bertz CT molecular complexity index is 1240. The summed E-state index contributed by atoms with van der Waals surface area (Å²) in [4.78, 5) is 31.0. The van der Waals surface area contributed by atoms with Crippen LogP contribution in [0.15, 0.2) is 23.0 Å². The van der Waals surface area contributed by atoms with Crippen LogP contribution in [0, 0.1) is 13.8 Å². The molecule has 1 aromatic carbocycles. The number of hydrogen-bond acceptors (Lipinski definition) is 7. The minimum Gasteiger partial charge on any atom is -0.465 e. The maximum atomic E-state index is 13.2. The number of benzene rings is 1. The number of hydrogen-bond donors (Lipinski definition) is 1. The lowest BCUT2D eigenvalue weighted by Gasteiger charge is -2.39. The Balaban J connectivity index is 1.73. The molecule has 0 amide bonds. The first-order chi connectivity index (χ1) is 17.4. The highest BCUT2D eigenvalue weighted by Gasteiger charge is 2.33. The molecule has 1 aliphatic carbocycles. The van der Waals surface area contributed by atoms with Gasteiger partial charge in [0.15, 0.2) is 5.82 Å². The number of aromatic amines is 1. The van der Waals surface area contributed by atoms with Gasteiger partial charge in [-0.05, 0) is 85.2 Å². The predicted molar refractivity (Wildman–Crippen MR) is 139 cm³/mol. The molecule has 2 heterocycles. The molecule has 1 saturated carbocycles. The van der Waals surface area contributed by atoms with Gasteiger partial charge in [0, 0.05) is 23.7 Å². The van der Waals surface area contributed by atoms with Gasteiger partial charge < -0.3 is 9.72 Å². The highest BCUT2D eigenvalue weighted by molar-refractivity contribution is 5.80. The standard InChI is InChI=1S/C27H38N6O3/c1-5-10-24(26-29-30-31-33(26)17-25(34)36-6-2)32(22-11-8-7-9-12-22)16-21-15-20-13-18(3)19(4)14-23(20)28-27(21)35/h13-15,22,24H,5-12,16-17H2,1-4H3,(H,28,35)/t24-/m1/s1. The van der Waals surface area contributed by atoms with Crippen molar-refractivity contribution in [3.05, 3.63) is 51.1 Å². The Morgan fingerprint density at radius 2 is 1.92 bits per heavy atom. The van der Waals surface area contributed by atoms with Crippen molar-refractivity contribution in [2.24, 2.45) is 0 Å². The number of nitrogens with zero attached hydrogens (tertiary/aromatic N) is 5. The highest BCUT2D eigenvalue weighted by atomic mass is 16.5. The molecule has 9 nitrogen and oxygen atoms in total. The topological polar surface area (TPSA) is 106 Å². The number of carbonyl (C=O) groups excluding carboxylic acids is 1. The summed E-state index contributed by atoms with van der Waals surface area (Å²) in [6.07, 6.45) is 7.46. The van der Waals surface area contributed by atoms with Gasteiger partial charge in [0.25, 0.3) is 5.56 Å². The number of nitrogens with one attached hydrogen (secondary N) is 1. The van der Waals surface area contributed by atoms with E-state index in [1.54, 1.807) is 11.6 Å². The van der Waals surface area contributed by atoms with E-state index in [2.05, 4.69) is 52.2 Å². The summed E-state index contributed by atoms with van der Waals surface area (Å²) in [7, 11) is 0. The maximum Gasteiger partial charge on any atom is 0.327 e. The van der Waals surface area contributed by atoms with E-state index in [1.165, 1.54) is 24.8 Å². The summed E-state index contributed by atoms with van der Waals surface area (Å²) >= 11 is 0. The first-order valence-electron chi connectivity index (χ1n) is 13.2. The van der Waals surface area contributed by atoms with Crippen LogP contribution in [0.5, 0.6) is 0 Å². The third kappa shape index (κ3) is 5.83. The fraction of sp³-hybridized carbons (Fsp3) is 0.593. The lowest BCUT2D eigenvalue weighted by molar-refractivity contribution is -0.144. The predicted octanol–water partition coefficient (Wildman–Crippen LogP) is 4.37. The van der Waals surface area contributed by atoms with Crippen molar-refractivity contribution in [2.75, 3.05) is 6.61 Å². The van der Waals surface area contributed by atoms with Gasteiger partial charge in [-0.25, -0.2) is 4.68 Å². The monoisotopic (exact) mass is 494 g/mol. The summed E-state index contributed by atoms with van der Waals surface area (Å²) in [6, 6.07) is 6.41. The molecule has 194 valence electrons. The average Bonchev–Trinajstić information content (AvgIpc) is 3.31. The SMILES string of the molecule is CCC[C@H](c1nnnn1CC(=O)OCC)N(Cc1cc2cc(C)c(C)cc2[nH]c1=O)C1CCCCC1. The van der Waals surface area contributed by atoms with E-state index in [-0.39, 0.29) is 24.1 Å². The van der Waals surface area contributed by atoms with Gasteiger partial charge in [0.2, 0.25) is 0 Å². The molecule has 2 aromatic heterocycles. The van der Waals surface area contributed by atoms with Crippen molar-refractivity contribution < 1.29 is 9.53 Å². The molecule has 1 fully saturated rings. The van der Waals surface area contributed by atoms with E-state index in [0.29, 0.717) is 25.0 Å². The van der Waals surface area contributed by atoms with E-state index in [4.69, 9.17) is 4.74 Å². The molecular formula is C27H38N6O3. The van der Waals surface area contributed by atoms with Crippen molar-refractivity contribution in [1.82, 2.24) is 30.1 Å². The molecule has 0 unspecified atom stereocenters. The number of aryl methyl sites for hydroxylation is 2. The molecule has 0 bridgehead atoms. The van der Waals surface area contributed by atoms with Crippen LogP contribution in [0.2, 0.25) is 0 Å². The van der Waals surface area contributed by atoms with Crippen LogP contribution < -0.4 is 5.56 Å². The molecule has 0 saturated heterocycles. The van der Waals surface area contributed by atoms with E-state index >= 15 is 0 Å². The zero-order chi connectivity index (χ0) is 25.7. The third-order valence-corrected chi connectivity index (χ3v) is 7.34. The summed E-state index contributed by atoms with van der Waals surface area (Å²) < 4.78 is 6.70. The third-order valence-electron chi connectivity index (χ3n) is 7.34. The van der Waals surface area contributed by atoms with Crippen LogP contribution in [-0.2, 0) is 22.6 Å². The van der Waals surface area contributed by atoms with Gasteiger partial charge in [-0.1, -0.05) is 32.6 Å². The number of fused-ring (bicyclic) bond motifs is 1. The van der Waals surface area contributed by atoms with Crippen LogP contribution in [0.4, 0.5) is 0 Å². The Labute approximate surface area is 212 Å². The molecule has 1 atom stereocenters. The number of aromatic nitrogens is 5. The smallest absolute Gasteiger partial charge is 0.327 e.